The predicted octanol–water partition coefficient (Wildman–Crippen LogP) is 1.12. The first-order chi connectivity index (χ1) is 10.5. The van der Waals surface area contributed by atoms with Gasteiger partial charge in [-0.3, -0.25) is 14.9 Å². The monoisotopic (exact) mass is 303 g/mol. The van der Waals surface area contributed by atoms with Crippen molar-refractivity contribution in [2.24, 2.45) is 0 Å². The van der Waals surface area contributed by atoms with E-state index in [-0.39, 0.29) is 17.6 Å². The molecule has 1 atom stereocenters. The molecule has 2 rings (SSSR count). The molecule has 1 aromatic carbocycles. The molecule has 0 radical (unpaired) electrons. The van der Waals surface area contributed by atoms with Crippen LogP contribution in [0.2, 0.25) is 0 Å². The molecule has 2 N–H and O–H groups in total. The molecular weight excluding hydrogens is 286 g/mol. The summed E-state index contributed by atoms with van der Waals surface area (Å²) >= 11 is 0. The van der Waals surface area contributed by atoms with Crippen molar-refractivity contribution in [2.75, 3.05) is 13.6 Å². The Morgan fingerprint density at radius 2 is 2.09 bits per heavy atom. The van der Waals surface area contributed by atoms with Crippen LogP contribution in [-0.2, 0) is 0 Å². The molecule has 8 nitrogen and oxygen atoms in total. The molecule has 2 aromatic rings. The molecule has 22 heavy (non-hydrogen) atoms. The zero-order chi connectivity index (χ0) is 16.1. The second-order valence-electron chi connectivity index (χ2n) is 4.85. The van der Waals surface area contributed by atoms with Crippen molar-refractivity contribution in [3.05, 3.63) is 52.3 Å². The van der Waals surface area contributed by atoms with Crippen molar-refractivity contribution in [3.63, 3.8) is 0 Å². The standard InChI is InChI=1S/C14H17N5O3/c1-10(15-2)7-16-14(20)11-8-17-18(9-11)12-3-5-13(6-4-12)19(21)22/h3-6,8-10,15H,7H2,1-2H3,(H,16,20). The van der Waals surface area contributed by atoms with Crippen LogP contribution in [0.15, 0.2) is 36.7 Å². The first kappa shape index (κ1) is 15.6. The summed E-state index contributed by atoms with van der Waals surface area (Å²) in [6.07, 6.45) is 3.04. The molecule has 1 heterocycles. The van der Waals surface area contributed by atoms with E-state index in [0.29, 0.717) is 17.8 Å². The van der Waals surface area contributed by atoms with Gasteiger partial charge in [-0.1, -0.05) is 0 Å². The van der Waals surface area contributed by atoms with Crippen LogP contribution >= 0.6 is 0 Å². The SMILES string of the molecule is CNC(C)CNC(=O)c1cnn(-c2ccc([N+](=O)[O-])cc2)c1. The third kappa shape index (κ3) is 3.67. The third-order valence-electron chi connectivity index (χ3n) is 3.23. The van der Waals surface area contributed by atoms with Crippen molar-refractivity contribution in [3.8, 4) is 5.69 Å². The maximum Gasteiger partial charge on any atom is 0.269 e. The van der Waals surface area contributed by atoms with Gasteiger partial charge in [-0.25, -0.2) is 4.68 Å². The Morgan fingerprint density at radius 1 is 1.41 bits per heavy atom. The summed E-state index contributed by atoms with van der Waals surface area (Å²) < 4.78 is 1.50. The zero-order valence-electron chi connectivity index (χ0n) is 12.3. The Bertz CT molecular complexity index is 665. The Balaban J connectivity index is 2.07. The van der Waals surface area contributed by atoms with Gasteiger partial charge in [0.05, 0.1) is 22.4 Å². The highest BCUT2D eigenvalue weighted by molar-refractivity contribution is 5.93. The van der Waals surface area contributed by atoms with E-state index in [1.807, 2.05) is 14.0 Å². The molecule has 0 aliphatic heterocycles. The summed E-state index contributed by atoms with van der Waals surface area (Å²) in [6.45, 7) is 2.47. The maximum absolute atomic E-state index is 12.0. The van der Waals surface area contributed by atoms with Gasteiger partial charge >= 0.3 is 0 Å². The third-order valence-corrected chi connectivity index (χ3v) is 3.23. The normalized spacial score (nSPS) is 11.9. The van der Waals surface area contributed by atoms with Gasteiger partial charge in [-0.05, 0) is 26.1 Å². The van der Waals surface area contributed by atoms with Crippen LogP contribution < -0.4 is 10.6 Å². The lowest BCUT2D eigenvalue weighted by Gasteiger charge is -2.10. The molecular formula is C14H17N5O3. The maximum atomic E-state index is 12.0. The van der Waals surface area contributed by atoms with Gasteiger partial charge < -0.3 is 10.6 Å². The minimum atomic E-state index is -0.464. The summed E-state index contributed by atoms with van der Waals surface area (Å²) in [5, 5.41) is 20.5. The largest absolute Gasteiger partial charge is 0.350 e. The number of amides is 1. The first-order valence-electron chi connectivity index (χ1n) is 6.76. The lowest BCUT2D eigenvalue weighted by molar-refractivity contribution is -0.384. The van der Waals surface area contributed by atoms with Gasteiger partial charge in [0.1, 0.15) is 0 Å². The van der Waals surface area contributed by atoms with Crippen molar-refractivity contribution in [1.29, 1.82) is 0 Å². The highest BCUT2D eigenvalue weighted by Crippen LogP contribution is 2.15. The number of carbonyl (C=O) groups is 1. The van der Waals surface area contributed by atoms with Crippen molar-refractivity contribution >= 4 is 11.6 Å². The summed E-state index contributed by atoms with van der Waals surface area (Å²) in [6, 6.07) is 6.12. The van der Waals surface area contributed by atoms with Crippen LogP contribution in [0.3, 0.4) is 0 Å². The van der Waals surface area contributed by atoms with Crippen LogP contribution in [0, 0.1) is 10.1 Å². The topological polar surface area (TPSA) is 102 Å². The molecule has 0 aliphatic rings. The summed E-state index contributed by atoms with van der Waals surface area (Å²) in [4.78, 5) is 22.1. The minimum Gasteiger partial charge on any atom is -0.350 e. The Hall–Kier alpha value is -2.74. The zero-order valence-corrected chi connectivity index (χ0v) is 12.3. The molecule has 1 aromatic heterocycles. The van der Waals surface area contributed by atoms with Crippen LogP contribution in [0.4, 0.5) is 5.69 Å². The molecule has 116 valence electrons. The molecule has 0 saturated carbocycles. The van der Waals surface area contributed by atoms with E-state index in [9.17, 15) is 14.9 Å². The summed E-state index contributed by atoms with van der Waals surface area (Å²) in [7, 11) is 1.82. The van der Waals surface area contributed by atoms with Gasteiger partial charge in [0, 0.05) is 30.9 Å². The summed E-state index contributed by atoms with van der Waals surface area (Å²) in [5.74, 6) is -0.213. The van der Waals surface area contributed by atoms with Crippen LogP contribution in [0.5, 0.6) is 0 Å². The van der Waals surface area contributed by atoms with Gasteiger partial charge in [0.25, 0.3) is 11.6 Å². The smallest absolute Gasteiger partial charge is 0.269 e. The van der Waals surface area contributed by atoms with Gasteiger partial charge in [-0.2, -0.15) is 5.10 Å². The number of nitrogens with zero attached hydrogens (tertiary/aromatic N) is 3. The number of nitrogens with one attached hydrogen (secondary N) is 2. The Labute approximate surface area is 127 Å². The Kier molecular flexibility index (Phi) is 4.84. The van der Waals surface area contributed by atoms with E-state index < -0.39 is 4.92 Å². The number of nitro groups is 1. The molecule has 0 spiro atoms. The average molecular weight is 303 g/mol. The van der Waals surface area contributed by atoms with Gasteiger partial charge in [0.2, 0.25) is 0 Å². The number of hydrogen-bond donors (Lipinski definition) is 2. The second kappa shape index (κ2) is 6.81. The number of likely N-dealkylation sites (N-methyl/N-ethyl adjacent to an activating group) is 1. The second-order valence-corrected chi connectivity index (χ2v) is 4.85. The number of rotatable bonds is 6. The molecule has 0 aliphatic carbocycles. The quantitative estimate of drug-likeness (QED) is 0.615. The lowest BCUT2D eigenvalue weighted by Crippen LogP contribution is -2.37. The number of benzene rings is 1. The minimum absolute atomic E-state index is 0.00919. The fraction of sp³-hybridized carbons (Fsp3) is 0.286. The van der Waals surface area contributed by atoms with Crippen LogP contribution in [-0.4, -0.2) is 40.2 Å². The molecule has 0 saturated heterocycles. The van der Waals surface area contributed by atoms with Crippen LogP contribution in [0.1, 0.15) is 17.3 Å². The lowest BCUT2D eigenvalue weighted by atomic mass is 10.3. The van der Waals surface area contributed by atoms with E-state index in [4.69, 9.17) is 0 Å². The van der Waals surface area contributed by atoms with Crippen molar-refractivity contribution in [2.45, 2.75) is 13.0 Å². The fourth-order valence-electron chi connectivity index (χ4n) is 1.76. The van der Waals surface area contributed by atoms with E-state index >= 15 is 0 Å². The van der Waals surface area contributed by atoms with E-state index in [0.717, 1.165) is 0 Å². The number of carbonyl (C=O) groups excluding carboxylic acids is 1. The fourth-order valence-corrected chi connectivity index (χ4v) is 1.76. The number of aromatic nitrogens is 2. The number of non-ortho nitro benzene ring substituents is 1. The van der Waals surface area contributed by atoms with E-state index in [1.165, 1.54) is 23.0 Å². The Morgan fingerprint density at radius 3 is 2.68 bits per heavy atom. The number of hydrogen-bond acceptors (Lipinski definition) is 5. The van der Waals surface area contributed by atoms with Gasteiger partial charge in [-0.15, -0.1) is 0 Å². The predicted molar refractivity (Wildman–Crippen MR) is 81.1 cm³/mol. The number of nitro benzene ring substituents is 1. The average Bonchev–Trinajstić information content (AvgIpc) is 3.02. The highest BCUT2D eigenvalue weighted by atomic mass is 16.6. The molecule has 1 unspecified atom stereocenters. The summed E-state index contributed by atoms with van der Waals surface area (Å²) in [5.41, 5.74) is 1.09. The van der Waals surface area contributed by atoms with Crippen molar-refractivity contribution in [1.82, 2.24) is 20.4 Å². The van der Waals surface area contributed by atoms with E-state index in [1.54, 1.807) is 18.3 Å². The van der Waals surface area contributed by atoms with E-state index in [2.05, 4.69) is 15.7 Å². The first-order valence-corrected chi connectivity index (χ1v) is 6.76. The van der Waals surface area contributed by atoms with Gasteiger partial charge in [0.15, 0.2) is 0 Å². The molecule has 0 fully saturated rings. The molecule has 8 heteroatoms. The molecule has 1 amide bonds. The van der Waals surface area contributed by atoms with Crippen LogP contribution in [0.25, 0.3) is 5.69 Å². The van der Waals surface area contributed by atoms with Crippen molar-refractivity contribution < 1.29 is 9.72 Å². The molecule has 0 bridgehead atoms. The highest BCUT2D eigenvalue weighted by Gasteiger charge is 2.11.